The molecule has 5 aromatic rings. The lowest BCUT2D eigenvalue weighted by molar-refractivity contribution is -0.141. The number of hydrogen-bond acceptors (Lipinski definition) is 6. The number of halogens is 4. The van der Waals surface area contributed by atoms with Crippen LogP contribution in [0.5, 0.6) is 0 Å². The number of carbonyl (C=O) groups is 1. The fraction of sp³-hybridized carbons (Fsp3) is 0.250. The number of nitrogens with zero attached hydrogens (tertiary/aromatic N) is 5. The molecule has 0 radical (unpaired) electrons. The third-order valence-corrected chi connectivity index (χ3v) is 6.61. The van der Waals surface area contributed by atoms with Gasteiger partial charge in [0.1, 0.15) is 5.69 Å². The minimum Gasteiger partial charge on any atom is -0.480 e. The lowest BCUT2D eigenvalue weighted by Gasteiger charge is -2.18. The van der Waals surface area contributed by atoms with Crippen LogP contribution in [0.1, 0.15) is 50.0 Å². The molecule has 0 saturated carbocycles. The van der Waals surface area contributed by atoms with Crippen LogP contribution in [0.15, 0.2) is 71.5 Å². The van der Waals surface area contributed by atoms with E-state index in [2.05, 4.69) is 60.5 Å². The van der Waals surface area contributed by atoms with Gasteiger partial charge in [-0.3, -0.25) is 9.59 Å². The van der Waals surface area contributed by atoms with Gasteiger partial charge in [-0.15, -0.1) is 35.9 Å². The van der Waals surface area contributed by atoms with Gasteiger partial charge in [0.25, 0.3) is 5.56 Å². The molecule has 0 aliphatic carbocycles. The molecule has 5 rings (SSSR count). The lowest BCUT2D eigenvalue weighted by atomic mass is 9.96. The fourth-order valence-corrected chi connectivity index (χ4v) is 4.49. The Morgan fingerprint density at radius 1 is 0.898 bits per heavy atom. The van der Waals surface area contributed by atoms with Crippen molar-refractivity contribution < 1.29 is 23.1 Å². The highest BCUT2D eigenvalue weighted by Crippen LogP contribution is 2.34. The number of nitrogens with two attached hydrogens (primary N) is 1. The van der Waals surface area contributed by atoms with Crippen LogP contribution in [0.3, 0.4) is 0 Å². The molecule has 0 aliphatic rings. The van der Waals surface area contributed by atoms with E-state index in [1.54, 1.807) is 16.6 Å². The molecule has 3 aromatic heterocycles. The normalized spacial score (nSPS) is 10.1. The molecule has 258 valence electrons. The van der Waals surface area contributed by atoms with Crippen molar-refractivity contribution in [3.63, 3.8) is 0 Å². The second kappa shape index (κ2) is 20.1. The molecule has 0 bridgehead atoms. The molecule has 0 fully saturated rings. The van der Waals surface area contributed by atoms with Crippen molar-refractivity contribution in [2.75, 3.05) is 6.54 Å². The number of rotatable bonds is 6. The highest BCUT2D eigenvalue weighted by molar-refractivity contribution is 6.30. The molecule has 0 amide bonds. The van der Waals surface area contributed by atoms with Crippen molar-refractivity contribution in [2.45, 2.75) is 53.3 Å². The zero-order valence-electron chi connectivity index (χ0n) is 27.6. The molecule has 2 aromatic carbocycles. The van der Waals surface area contributed by atoms with Crippen LogP contribution in [-0.2, 0) is 23.9 Å². The summed E-state index contributed by atoms with van der Waals surface area (Å²) in [4.78, 5) is 27.2. The van der Waals surface area contributed by atoms with Crippen molar-refractivity contribution in [3.05, 3.63) is 105 Å². The second-order valence-corrected chi connectivity index (χ2v) is 10.3. The molecule has 0 spiro atoms. The van der Waals surface area contributed by atoms with E-state index in [0.29, 0.717) is 45.2 Å². The summed E-state index contributed by atoms with van der Waals surface area (Å²) >= 11 is 6.13. The SMILES string of the molecule is C#C.C#C.CCC.CCc1nnc2c(-c3ccc(Cl)cc3)c(-c3ccccc3)c(=O)n(Cc3ccc(C(F)(F)F)nc3C)n12.NCC(=O)O. The molecule has 3 heterocycles. The molecule has 13 heteroatoms. The quantitative estimate of drug-likeness (QED) is 0.181. The minimum atomic E-state index is -4.56. The number of carboxylic acids is 1. The molecular weight excluding hydrogens is 657 g/mol. The summed E-state index contributed by atoms with van der Waals surface area (Å²) in [5.41, 5.74) is 6.79. The Labute approximate surface area is 288 Å². The van der Waals surface area contributed by atoms with E-state index in [9.17, 15) is 22.8 Å². The number of carboxylic acid groups (broad SMARTS) is 1. The Bertz CT molecular complexity index is 1890. The fourth-order valence-electron chi connectivity index (χ4n) is 4.36. The van der Waals surface area contributed by atoms with Gasteiger partial charge in [-0.25, -0.2) is 14.2 Å². The molecule has 9 nitrogen and oxygen atoms in total. The summed E-state index contributed by atoms with van der Waals surface area (Å²) in [6.07, 6.45) is 13.2. The Kier molecular flexibility index (Phi) is 17.0. The van der Waals surface area contributed by atoms with E-state index < -0.39 is 17.8 Å². The summed E-state index contributed by atoms with van der Waals surface area (Å²) < 4.78 is 42.7. The van der Waals surface area contributed by atoms with Crippen LogP contribution < -0.4 is 11.3 Å². The van der Waals surface area contributed by atoms with E-state index in [-0.39, 0.29) is 24.3 Å². The van der Waals surface area contributed by atoms with Gasteiger partial charge in [-0.05, 0) is 41.8 Å². The number of alkyl halides is 3. The lowest BCUT2D eigenvalue weighted by Crippen LogP contribution is -2.30. The van der Waals surface area contributed by atoms with Gasteiger partial charge in [0, 0.05) is 22.7 Å². The van der Waals surface area contributed by atoms with Gasteiger partial charge >= 0.3 is 12.1 Å². The van der Waals surface area contributed by atoms with Crippen molar-refractivity contribution in [3.8, 4) is 47.9 Å². The van der Waals surface area contributed by atoms with Gasteiger partial charge in [-0.2, -0.15) is 13.2 Å². The van der Waals surface area contributed by atoms with Crippen LogP contribution in [0.2, 0.25) is 5.02 Å². The number of aryl methyl sites for hydroxylation is 2. The Morgan fingerprint density at radius 2 is 1.43 bits per heavy atom. The summed E-state index contributed by atoms with van der Waals surface area (Å²) in [7, 11) is 0. The number of pyridine rings is 1. The Morgan fingerprint density at radius 3 is 1.90 bits per heavy atom. The third-order valence-electron chi connectivity index (χ3n) is 6.36. The standard InChI is InChI=1S/C27H21ClF3N5O.C3H8.C2H5NO2.2C2H2/c1-3-22-33-34-25-23(18-9-12-20(28)13-10-18)24(17-7-5-4-6-8-17)26(37)35(36(22)25)15-19-11-14-21(27(29,30)31)32-16(19)2;1-3-2;3-1-2(4)5;2*1-2/h4-14H,3,15H2,1-2H3;3H2,1-2H3;1,3H2,(H,4,5);2*1-2H. The van der Waals surface area contributed by atoms with Crippen molar-refractivity contribution in [1.29, 1.82) is 0 Å². The first kappa shape index (κ1) is 41.6. The van der Waals surface area contributed by atoms with E-state index in [4.69, 9.17) is 16.7 Å². The molecular formula is C36H38ClF3N6O3. The van der Waals surface area contributed by atoms with Crippen LogP contribution in [0.4, 0.5) is 13.2 Å². The first-order chi connectivity index (χ1) is 23.4. The largest absolute Gasteiger partial charge is 0.480 e. The van der Waals surface area contributed by atoms with Crippen molar-refractivity contribution in [2.24, 2.45) is 5.73 Å². The van der Waals surface area contributed by atoms with Crippen molar-refractivity contribution in [1.82, 2.24) is 24.4 Å². The number of terminal acetylenes is 2. The van der Waals surface area contributed by atoms with Crippen LogP contribution in [0.25, 0.3) is 27.9 Å². The first-order valence-electron chi connectivity index (χ1n) is 14.8. The maximum atomic E-state index is 14.2. The molecule has 0 aliphatic heterocycles. The minimum absolute atomic E-state index is 0.0158. The predicted molar refractivity (Wildman–Crippen MR) is 188 cm³/mol. The Hall–Kier alpha value is -5.43. The number of benzene rings is 2. The zero-order chi connectivity index (χ0) is 37.3. The van der Waals surface area contributed by atoms with Crippen LogP contribution in [0, 0.1) is 32.6 Å². The number of hydrogen-bond donors (Lipinski definition) is 2. The summed E-state index contributed by atoms with van der Waals surface area (Å²) in [6.45, 7) is 7.35. The van der Waals surface area contributed by atoms with Crippen molar-refractivity contribution >= 4 is 23.2 Å². The van der Waals surface area contributed by atoms with E-state index in [0.717, 1.165) is 11.6 Å². The second-order valence-electron chi connectivity index (χ2n) is 9.83. The maximum absolute atomic E-state index is 14.2. The van der Waals surface area contributed by atoms with E-state index in [1.807, 2.05) is 49.4 Å². The number of aliphatic carboxylic acids is 1. The van der Waals surface area contributed by atoms with E-state index >= 15 is 0 Å². The summed E-state index contributed by atoms with van der Waals surface area (Å²) in [6, 6.07) is 18.6. The van der Waals surface area contributed by atoms with Gasteiger partial charge in [0.2, 0.25) is 0 Å². The summed E-state index contributed by atoms with van der Waals surface area (Å²) in [5, 5.41) is 16.9. The topological polar surface area (TPSA) is 128 Å². The highest BCUT2D eigenvalue weighted by Gasteiger charge is 2.33. The summed E-state index contributed by atoms with van der Waals surface area (Å²) in [5.74, 6) is -0.426. The smallest absolute Gasteiger partial charge is 0.433 e. The molecule has 0 unspecified atom stereocenters. The average Bonchev–Trinajstić information content (AvgIpc) is 3.53. The maximum Gasteiger partial charge on any atom is 0.433 e. The number of aromatic nitrogens is 5. The van der Waals surface area contributed by atoms with Gasteiger partial charge in [0.05, 0.1) is 18.7 Å². The van der Waals surface area contributed by atoms with Gasteiger partial charge in [-0.1, -0.05) is 87.3 Å². The third kappa shape index (κ3) is 10.8. The Balaban J connectivity index is 0.000000880. The molecule has 3 N–H and O–H groups in total. The predicted octanol–water partition coefficient (Wildman–Crippen LogP) is 7.16. The first-order valence-corrected chi connectivity index (χ1v) is 15.2. The number of fused-ring (bicyclic) bond motifs is 1. The van der Waals surface area contributed by atoms with E-state index in [1.165, 1.54) is 24.1 Å². The molecule has 0 saturated heterocycles. The van der Waals surface area contributed by atoms with Gasteiger partial charge in [0.15, 0.2) is 11.5 Å². The monoisotopic (exact) mass is 694 g/mol. The average molecular weight is 695 g/mol. The molecule has 49 heavy (non-hydrogen) atoms. The van der Waals surface area contributed by atoms with Crippen LogP contribution >= 0.6 is 11.6 Å². The van der Waals surface area contributed by atoms with Crippen LogP contribution in [-0.4, -0.2) is 42.0 Å². The molecule has 0 atom stereocenters. The van der Waals surface area contributed by atoms with Gasteiger partial charge < -0.3 is 10.8 Å². The zero-order valence-corrected chi connectivity index (χ0v) is 28.3. The highest BCUT2D eigenvalue weighted by atomic mass is 35.5.